The Morgan fingerprint density at radius 1 is 1.00 bits per heavy atom. The summed E-state index contributed by atoms with van der Waals surface area (Å²) < 4.78 is 27.6. The van der Waals surface area contributed by atoms with Crippen LogP contribution in [0.3, 0.4) is 0 Å². The largest absolute Gasteiger partial charge is 0.337 e. The minimum Gasteiger partial charge on any atom is -0.337 e. The molecule has 0 radical (unpaired) electrons. The van der Waals surface area contributed by atoms with E-state index >= 15 is 0 Å². The van der Waals surface area contributed by atoms with Gasteiger partial charge in [-0.2, -0.15) is 11.8 Å². The molecule has 2 heterocycles. The number of rotatable bonds is 3. The number of carbonyl (C=O) groups is 1. The van der Waals surface area contributed by atoms with Gasteiger partial charge in [-0.1, -0.05) is 51.1 Å². The minimum atomic E-state index is -3.93. The first-order valence-corrected chi connectivity index (χ1v) is 12.9. The van der Waals surface area contributed by atoms with E-state index in [0.717, 1.165) is 17.1 Å². The zero-order valence-corrected chi connectivity index (χ0v) is 19.6. The number of carbonyl (C=O) groups excluding carboxylic acids is 1. The van der Waals surface area contributed by atoms with Gasteiger partial charge >= 0.3 is 0 Å². The fourth-order valence-electron chi connectivity index (χ4n) is 3.75. The van der Waals surface area contributed by atoms with Crippen molar-refractivity contribution in [2.75, 3.05) is 24.6 Å². The van der Waals surface area contributed by atoms with Crippen molar-refractivity contribution in [1.29, 1.82) is 0 Å². The van der Waals surface area contributed by atoms with Crippen molar-refractivity contribution in [3.8, 4) is 0 Å². The average Bonchev–Trinajstić information content (AvgIpc) is 2.78. The summed E-state index contributed by atoms with van der Waals surface area (Å²) in [6, 6.07) is 14.0. The average molecular weight is 455 g/mol. The van der Waals surface area contributed by atoms with Crippen LogP contribution in [0, 0.1) is 0 Å². The molecule has 0 N–H and O–H groups in total. The van der Waals surface area contributed by atoms with Crippen LogP contribution in [0.2, 0.25) is 0 Å². The van der Waals surface area contributed by atoms with Crippen LogP contribution in [0.25, 0.3) is 10.9 Å². The predicted octanol–water partition coefficient (Wildman–Crippen LogP) is 4.55. The highest BCUT2D eigenvalue weighted by molar-refractivity contribution is 7.99. The lowest BCUT2D eigenvalue weighted by atomic mass is 9.87. The molecule has 0 aliphatic carbocycles. The van der Waals surface area contributed by atoms with Crippen molar-refractivity contribution in [2.45, 2.75) is 36.0 Å². The number of pyridine rings is 1. The molecular formula is C24H26N2O3S2. The summed E-state index contributed by atoms with van der Waals surface area (Å²) in [5.41, 5.74) is 1.66. The molecule has 0 spiro atoms. The van der Waals surface area contributed by atoms with Crippen molar-refractivity contribution in [2.24, 2.45) is 0 Å². The van der Waals surface area contributed by atoms with Gasteiger partial charge in [-0.3, -0.25) is 9.78 Å². The predicted molar refractivity (Wildman–Crippen MR) is 126 cm³/mol. The molecule has 4 rings (SSSR count). The lowest BCUT2D eigenvalue weighted by Gasteiger charge is -2.27. The number of sulfone groups is 1. The van der Waals surface area contributed by atoms with Gasteiger partial charge in [-0.05, 0) is 29.2 Å². The van der Waals surface area contributed by atoms with Crippen molar-refractivity contribution in [1.82, 2.24) is 9.88 Å². The summed E-state index contributed by atoms with van der Waals surface area (Å²) in [6.07, 6.45) is 1.42. The third-order valence-electron chi connectivity index (χ3n) is 5.55. The molecule has 1 fully saturated rings. The van der Waals surface area contributed by atoms with E-state index in [0.29, 0.717) is 24.0 Å². The molecule has 0 bridgehead atoms. The molecule has 0 atom stereocenters. The Morgan fingerprint density at radius 3 is 2.29 bits per heavy atom. The van der Waals surface area contributed by atoms with E-state index in [9.17, 15) is 13.2 Å². The van der Waals surface area contributed by atoms with Gasteiger partial charge in [-0.15, -0.1) is 0 Å². The number of hydrogen-bond acceptors (Lipinski definition) is 5. The monoisotopic (exact) mass is 454 g/mol. The molecule has 3 aromatic rings. The smallest absolute Gasteiger partial charge is 0.256 e. The van der Waals surface area contributed by atoms with Gasteiger partial charge in [0, 0.05) is 36.2 Å². The van der Waals surface area contributed by atoms with Gasteiger partial charge < -0.3 is 4.90 Å². The van der Waals surface area contributed by atoms with Crippen molar-refractivity contribution in [3.05, 3.63) is 65.9 Å². The van der Waals surface area contributed by atoms with Crippen LogP contribution in [0.4, 0.5) is 0 Å². The molecule has 0 saturated carbocycles. The number of amides is 1. The third kappa shape index (κ3) is 4.21. The van der Waals surface area contributed by atoms with E-state index in [1.807, 2.05) is 18.2 Å². The van der Waals surface area contributed by atoms with E-state index in [1.165, 1.54) is 6.20 Å². The molecular weight excluding hydrogens is 428 g/mol. The van der Waals surface area contributed by atoms with Gasteiger partial charge in [0.25, 0.3) is 5.91 Å². The Labute approximate surface area is 187 Å². The number of aromatic nitrogens is 1. The van der Waals surface area contributed by atoms with Gasteiger partial charge in [0.1, 0.15) is 0 Å². The second kappa shape index (κ2) is 8.28. The molecule has 2 aromatic carbocycles. The van der Waals surface area contributed by atoms with Crippen LogP contribution in [0.15, 0.2) is 64.5 Å². The highest BCUT2D eigenvalue weighted by Gasteiger charge is 2.30. The Balaban J connectivity index is 1.89. The molecule has 1 amide bonds. The molecule has 162 valence electrons. The molecule has 5 nitrogen and oxygen atoms in total. The van der Waals surface area contributed by atoms with Gasteiger partial charge in [0.2, 0.25) is 9.84 Å². The van der Waals surface area contributed by atoms with Crippen LogP contribution in [-0.2, 0) is 15.3 Å². The van der Waals surface area contributed by atoms with Crippen LogP contribution in [-0.4, -0.2) is 48.8 Å². The quantitative estimate of drug-likeness (QED) is 0.581. The maximum absolute atomic E-state index is 13.8. The van der Waals surface area contributed by atoms with Crippen LogP contribution < -0.4 is 0 Å². The number of hydrogen-bond donors (Lipinski definition) is 0. The molecule has 1 aromatic heterocycles. The van der Waals surface area contributed by atoms with Crippen LogP contribution in [0.1, 0.15) is 36.7 Å². The molecule has 1 aliphatic rings. The first-order valence-electron chi connectivity index (χ1n) is 10.3. The first kappa shape index (κ1) is 21.8. The molecule has 7 heteroatoms. The SMILES string of the molecule is CC(C)(C)c1ccc(S(=O)(=O)c2c(C(=O)N3CCSCC3)cnc3ccccc23)cc1. The summed E-state index contributed by atoms with van der Waals surface area (Å²) >= 11 is 1.80. The fraction of sp³-hybridized carbons (Fsp3) is 0.333. The highest BCUT2D eigenvalue weighted by atomic mass is 32.2. The lowest BCUT2D eigenvalue weighted by Crippen LogP contribution is -2.38. The molecule has 1 aliphatic heterocycles. The summed E-state index contributed by atoms with van der Waals surface area (Å²) in [5.74, 6) is 1.43. The summed E-state index contributed by atoms with van der Waals surface area (Å²) in [5, 5.41) is 0.472. The standard InChI is InChI=1S/C24H26N2O3S2/c1-24(2,3)17-8-10-18(11-9-17)31(28,29)22-19-6-4-5-7-21(19)25-16-20(22)23(27)26-12-14-30-15-13-26/h4-11,16H,12-15H2,1-3H3. The summed E-state index contributed by atoms with van der Waals surface area (Å²) in [6.45, 7) is 7.47. The van der Waals surface area contributed by atoms with E-state index in [-0.39, 0.29) is 26.7 Å². The maximum Gasteiger partial charge on any atom is 0.256 e. The molecule has 31 heavy (non-hydrogen) atoms. The molecule has 0 unspecified atom stereocenters. The van der Waals surface area contributed by atoms with Gasteiger partial charge in [0.05, 0.1) is 20.9 Å². The Hall–Kier alpha value is -2.38. The van der Waals surface area contributed by atoms with E-state index in [2.05, 4.69) is 25.8 Å². The number of thioether (sulfide) groups is 1. The third-order valence-corrected chi connectivity index (χ3v) is 8.37. The number of fused-ring (bicyclic) bond motifs is 1. The topological polar surface area (TPSA) is 67.3 Å². The van der Waals surface area contributed by atoms with E-state index in [1.54, 1.807) is 47.0 Å². The number of benzene rings is 2. The van der Waals surface area contributed by atoms with Gasteiger partial charge in [0.15, 0.2) is 0 Å². The maximum atomic E-state index is 13.8. The van der Waals surface area contributed by atoms with Crippen LogP contribution in [0.5, 0.6) is 0 Å². The second-order valence-corrected chi connectivity index (χ2v) is 11.8. The van der Waals surface area contributed by atoms with E-state index in [4.69, 9.17) is 0 Å². The highest BCUT2D eigenvalue weighted by Crippen LogP contribution is 2.33. The Kier molecular flexibility index (Phi) is 5.83. The van der Waals surface area contributed by atoms with Crippen LogP contribution >= 0.6 is 11.8 Å². The Morgan fingerprint density at radius 2 is 1.65 bits per heavy atom. The summed E-state index contributed by atoms with van der Waals surface area (Å²) in [7, 11) is -3.93. The van der Waals surface area contributed by atoms with Crippen molar-refractivity contribution < 1.29 is 13.2 Å². The van der Waals surface area contributed by atoms with Gasteiger partial charge in [-0.25, -0.2) is 8.42 Å². The number of para-hydroxylation sites is 1. The van der Waals surface area contributed by atoms with Crippen molar-refractivity contribution in [3.63, 3.8) is 0 Å². The van der Waals surface area contributed by atoms with Crippen molar-refractivity contribution >= 4 is 38.4 Å². The Bertz CT molecular complexity index is 1220. The summed E-state index contributed by atoms with van der Waals surface area (Å²) in [4.78, 5) is 19.7. The zero-order chi connectivity index (χ0) is 22.2. The lowest BCUT2D eigenvalue weighted by molar-refractivity contribution is 0.0768. The minimum absolute atomic E-state index is 0.0461. The normalized spacial score (nSPS) is 15.3. The zero-order valence-electron chi connectivity index (χ0n) is 18.0. The first-order chi connectivity index (χ1) is 14.7. The van der Waals surface area contributed by atoms with E-state index < -0.39 is 9.84 Å². The fourth-order valence-corrected chi connectivity index (χ4v) is 6.27. The second-order valence-electron chi connectivity index (χ2n) is 8.70. The molecule has 1 saturated heterocycles. The number of nitrogens with zero attached hydrogens (tertiary/aromatic N) is 2.